The van der Waals surface area contributed by atoms with Crippen LogP contribution in [-0.2, 0) is 10.1 Å². The number of nitrogens with two attached hydrogens (primary N) is 2. The van der Waals surface area contributed by atoms with E-state index in [2.05, 4.69) is 0 Å². The van der Waals surface area contributed by atoms with Gasteiger partial charge < -0.3 is 16.0 Å². The fraction of sp³-hybridized carbons (Fsp3) is 0. The molecule has 0 atom stereocenters. The average molecular weight is 226 g/mol. The van der Waals surface area contributed by atoms with Crippen molar-refractivity contribution in [2.24, 2.45) is 0 Å². The van der Waals surface area contributed by atoms with Gasteiger partial charge in [0.25, 0.3) is 0 Å². The summed E-state index contributed by atoms with van der Waals surface area (Å²) in [6.07, 6.45) is 0. The molecule has 0 heterocycles. The first-order valence-electron chi connectivity index (χ1n) is 3.02. The van der Waals surface area contributed by atoms with E-state index in [4.69, 9.17) is 11.5 Å². The van der Waals surface area contributed by atoms with E-state index < -0.39 is 15.0 Å². The van der Waals surface area contributed by atoms with Gasteiger partial charge in [-0.25, -0.2) is 8.42 Å². The maximum Gasteiger partial charge on any atom is 1.00 e. The SMILES string of the molecule is Nc1ccc(S(=O)(=O)[O-])c(N)c1.[K+]. The minimum absolute atomic E-state index is 0. The zero-order valence-electron chi connectivity index (χ0n) is 7.02. The van der Waals surface area contributed by atoms with Crippen LogP contribution in [0.5, 0.6) is 0 Å². The quantitative estimate of drug-likeness (QED) is 0.297. The van der Waals surface area contributed by atoms with Gasteiger partial charge in [-0.3, -0.25) is 0 Å². The van der Waals surface area contributed by atoms with Crippen molar-refractivity contribution in [3.8, 4) is 0 Å². The summed E-state index contributed by atoms with van der Waals surface area (Å²) in [4.78, 5) is -0.434. The summed E-state index contributed by atoms with van der Waals surface area (Å²) < 4.78 is 31.5. The van der Waals surface area contributed by atoms with E-state index >= 15 is 0 Å². The fourth-order valence-electron chi connectivity index (χ4n) is 0.795. The van der Waals surface area contributed by atoms with Crippen LogP contribution in [0.3, 0.4) is 0 Å². The van der Waals surface area contributed by atoms with Gasteiger partial charge in [0.1, 0.15) is 10.1 Å². The second-order valence-electron chi connectivity index (χ2n) is 2.25. The Morgan fingerprint density at radius 2 is 1.77 bits per heavy atom. The Hall–Kier alpha value is 0.366. The van der Waals surface area contributed by atoms with Crippen molar-refractivity contribution in [3.63, 3.8) is 0 Å². The number of nitrogen functional groups attached to an aromatic ring is 2. The van der Waals surface area contributed by atoms with Gasteiger partial charge in [0, 0.05) is 5.69 Å². The maximum absolute atomic E-state index is 10.5. The number of anilines is 2. The van der Waals surface area contributed by atoms with Crippen LogP contribution < -0.4 is 62.9 Å². The molecule has 0 aliphatic rings. The molecule has 0 saturated carbocycles. The van der Waals surface area contributed by atoms with Gasteiger partial charge in [0.2, 0.25) is 0 Å². The van der Waals surface area contributed by atoms with Gasteiger partial charge in [-0.1, -0.05) is 0 Å². The Bertz CT molecular complexity index is 404. The van der Waals surface area contributed by atoms with E-state index in [1.54, 1.807) is 0 Å². The Morgan fingerprint density at radius 1 is 1.23 bits per heavy atom. The zero-order chi connectivity index (χ0) is 9.35. The predicted octanol–water partition coefficient (Wildman–Crippen LogP) is -3.24. The molecule has 66 valence electrons. The van der Waals surface area contributed by atoms with Crippen LogP contribution in [0.4, 0.5) is 11.4 Å². The first-order chi connectivity index (χ1) is 5.41. The summed E-state index contributed by atoms with van der Waals surface area (Å²) in [5.74, 6) is 0. The molecule has 0 fully saturated rings. The smallest absolute Gasteiger partial charge is 0.744 e. The summed E-state index contributed by atoms with van der Waals surface area (Å²) in [5, 5.41) is 0. The maximum atomic E-state index is 10.5. The van der Waals surface area contributed by atoms with Crippen molar-refractivity contribution in [2.45, 2.75) is 4.90 Å². The van der Waals surface area contributed by atoms with E-state index in [9.17, 15) is 13.0 Å². The van der Waals surface area contributed by atoms with Crippen molar-refractivity contribution in [1.82, 2.24) is 0 Å². The standard InChI is InChI=1S/C6H8N2O3S.K/c7-4-1-2-6(5(8)3-4)12(9,10)11;/h1-3H,7-8H2,(H,9,10,11);/q;+1/p-1. The largest absolute Gasteiger partial charge is 1.00 e. The van der Waals surface area contributed by atoms with Crippen LogP contribution in [0.1, 0.15) is 0 Å². The van der Waals surface area contributed by atoms with Crippen molar-refractivity contribution in [1.29, 1.82) is 0 Å². The van der Waals surface area contributed by atoms with Gasteiger partial charge in [0.05, 0.1) is 10.6 Å². The fourth-order valence-corrected chi connectivity index (χ4v) is 1.38. The van der Waals surface area contributed by atoms with Crippen LogP contribution in [0.15, 0.2) is 23.1 Å². The summed E-state index contributed by atoms with van der Waals surface area (Å²) in [6.45, 7) is 0. The first kappa shape index (κ1) is 13.4. The molecule has 1 aromatic carbocycles. The molecular formula is C6H7KN2O3S. The van der Waals surface area contributed by atoms with Crippen LogP contribution in [-0.4, -0.2) is 13.0 Å². The molecule has 0 aliphatic carbocycles. The molecule has 0 aromatic heterocycles. The molecule has 0 radical (unpaired) electrons. The Labute approximate surface area is 119 Å². The minimum atomic E-state index is -4.48. The third-order valence-corrected chi connectivity index (χ3v) is 2.21. The summed E-state index contributed by atoms with van der Waals surface area (Å²) >= 11 is 0. The van der Waals surface area contributed by atoms with E-state index in [1.165, 1.54) is 12.1 Å². The Morgan fingerprint density at radius 3 is 2.15 bits per heavy atom. The van der Waals surface area contributed by atoms with E-state index in [-0.39, 0.29) is 57.1 Å². The molecule has 4 N–H and O–H groups in total. The van der Waals surface area contributed by atoms with Crippen molar-refractivity contribution in [3.05, 3.63) is 18.2 Å². The molecule has 0 bridgehead atoms. The first-order valence-corrected chi connectivity index (χ1v) is 4.43. The number of benzene rings is 1. The second kappa shape index (κ2) is 4.74. The number of hydrogen-bond acceptors (Lipinski definition) is 5. The molecule has 7 heteroatoms. The zero-order valence-corrected chi connectivity index (χ0v) is 11.0. The monoisotopic (exact) mass is 226 g/mol. The van der Waals surface area contributed by atoms with Gasteiger partial charge in [-0.05, 0) is 18.2 Å². The van der Waals surface area contributed by atoms with Crippen LogP contribution in [0.25, 0.3) is 0 Å². The molecule has 0 amide bonds. The van der Waals surface area contributed by atoms with Crippen LogP contribution in [0.2, 0.25) is 0 Å². The molecule has 0 unspecified atom stereocenters. The average Bonchev–Trinajstić information content (AvgIpc) is 1.83. The number of rotatable bonds is 1. The summed E-state index contributed by atoms with van der Waals surface area (Å²) in [6, 6.07) is 3.62. The topological polar surface area (TPSA) is 109 Å². The van der Waals surface area contributed by atoms with Crippen LogP contribution >= 0.6 is 0 Å². The van der Waals surface area contributed by atoms with E-state index in [0.29, 0.717) is 5.69 Å². The van der Waals surface area contributed by atoms with Crippen molar-refractivity contribution >= 4 is 21.5 Å². The molecular weight excluding hydrogens is 219 g/mol. The molecule has 13 heavy (non-hydrogen) atoms. The van der Waals surface area contributed by atoms with E-state index in [0.717, 1.165) is 6.07 Å². The van der Waals surface area contributed by atoms with Crippen molar-refractivity contribution < 1.29 is 64.4 Å². The summed E-state index contributed by atoms with van der Waals surface area (Å²) in [5.41, 5.74) is 10.7. The Balaban J connectivity index is 0.00000144. The normalized spacial score (nSPS) is 10.5. The van der Waals surface area contributed by atoms with Gasteiger partial charge >= 0.3 is 51.4 Å². The molecule has 1 rings (SSSR count). The van der Waals surface area contributed by atoms with Gasteiger partial charge in [0.15, 0.2) is 0 Å². The molecule has 1 aromatic rings. The molecule has 0 aliphatic heterocycles. The molecule has 0 saturated heterocycles. The third kappa shape index (κ3) is 3.54. The minimum Gasteiger partial charge on any atom is -0.744 e. The van der Waals surface area contributed by atoms with Gasteiger partial charge in [-0.15, -0.1) is 0 Å². The molecule has 0 spiro atoms. The van der Waals surface area contributed by atoms with Crippen molar-refractivity contribution in [2.75, 3.05) is 11.5 Å². The third-order valence-electron chi connectivity index (χ3n) is 1.30. The predicted molar refractivity (Wildman–Crippen MR) is 43.2 cm³/mol. The molecule has 5 nitrogen and oxygen atoms in total. The number of hydrogen-bond donors (Lipinski definition) is 2. The Kier molecular flexibility index (Phi) is 4.87. The van der Waals surface area contributed by atoms with Crippen LogP contribution in [0, 0.1) is 0 Å². The van der Waals surface area contributed by atoms with Gasteiger partial charge in [-0.2, -0.15) is 0 Å². The second-order valence-corrected chi connectivity index (χ2v) is 3.60. The summed E-state index contributed by atoms with van der Waals surface area (Å²) in [7, 11) is -4.48. The van der Waals surface area contributed by atoms with E-state index in [1.807, 2.05) is 0 Å².